The minimum absolute atomic E-state index is 0.0314. The molecule has 0 radical (unpaired) electrons. The van der Waals surface area contributed by atoms with E-state index in [0.29, 0.717) is 32.1 Å². The standard InChI is InChI=1S/C16H26N2O2/c1-4-20-11-15(12(2)3)18-16(19)9-13-5-7-14(10-17)8-6-13/h5-8,12,15H,4,9-11,17H2,1-3H3,(H,18,19). The Morgan fingerprint density at radius 3 is 2.35 bits per heavy atom. The first kappa shape index (κ1) is 16.7. The van der Waals surface area contributed by atoms with Crippen molar-refractivity contribution in [3.8, 4) is 0 Å². The molecule has 1 amide bonds. The van der Waals surface area contributed by atoms with Gasteiger partial charge in [-0.25, -0.2) is 0 Å². The van der Waals surface area contributed by atoms with Crippen molar-refractivity contribution in [2.45, 2.75) is 39.8 Å². The van der Waals surface area contributed by atoms with Crippen molar-refractivity contribution in [2.75, 3.05) is 13.2 Å². The molecule has 0 heterocycles. The van der Waals surface area contributed by atoms with Crippen LogP contribution in [-0.2, 0) is 22.5 Å². The molecular formula is C16H26N2O2. The molecule has 0 spiro atoms. The van der Waals surface area contributed by atoms with Crippen LogP contribution in [0.5, 0.6) is 0 Å². The van der Waals surface area contributed by atoms with Crippen molar-refractivity contribution in [3.05, 3.63) is 35.4 Å². The Kier molecular flexibility index (Phi) is 7.26. The fraction of sp³-hybridized carbons (Fsp3) is 0.562. The van der Waals surface area contributed by atoms with Crippen LogP contribution in [0.25, 0.3) is 0 Å². The number of rotatable bonds is 8. The lowest BCUT2D eigenvalue weighted by Crippen LogP contribution is -2.42. The molecule has 1 unspecified atom stereocenters. The third-order valence-corrected chi connectivity index (χ3v) is 3.28. The van der Waals surface area contributed by atoms with E-state index in [2.05, 4.69) is 19.2 Å². The zero-order chi connectivity index (χ0) is 15.0. The van der Waals surface area contributed by atoms with E-state index in [9.17, 15) is 4.79 Å². The van der Waals surface area contributed by atoms with Crippen molar-refractivity contribution in [1.29, 1.82) is 0 Å². The van der Waals surface area contributed by atoms with Gasteiger partial charge in [0.2, 0.25) is 5.91 Å². The Bertz CT molecular complexity index is 401. The summed E-state index contributed by atoms with van der Waals surface area (Å²) in [6.07, 6.45) is 0.389. The third kappa shape index (κ3) is 5.72. The van der Waals surface area contributed by atoms with Gasteiger partial charge < -0.3 is 15.8 Å². The molecule has 4 nitrogen and oxygen atoms in total. The number of nitrogens with two attached hydrogens (primary N) is 1. The number of ether oxygens (including phenoxy) is 1. The van der Waals surface area contributed by atoms with Gasteiger partial charge in [0, 0.05) is 13.2 Å². The fourth-order valence-electron chi connectivity index (χ4n) is 1.88. The molecule has 20 heavy (non-hydrogen) atoms. The average Bonchev–Trinajstić information content (AvgIpc) is 2.44. The molecule has 1 atom stereocenters. The fourth-order valence-corrected chi connectivity index (χ4v) is 1.88. The molecule has 4 heteroatoms. The summed E-state index contributed by atoms with van der Waals surface area (Å²) in [5.41, 5.74) is 7.63. The molecule has 3 N–H and O–H groups in total. The first-order valence-electron chi connectivity index (χ1n) is 7.21. The maximum Gasteiger partial charge on any atom is 0.224 e. The highest BCUT2D eigenvalue weighted by Crippen LogP contribution is 2.06. The molecule has 1 aromatic carbocycles. The van der Waals surface area contributed by atoms with E-state index >= 15 is 0 Å². The summed E-state index contributed by atoms with van der Waals surface area (Å²) in [7, 11) is 0. The number of carbonyl (C=O) groups is 1. The zero-order valence-corrected chi connectivity index (χ0v) is 12.7. The second kappa shape index (κ2) is 8.72. The minimum Gasteiger partial charge on any atom is -0.380 e. The maximum atomic E-state index is 12.1. The molecule has 1 aromatic rings. The largest absolute Gasteiger partial charge is 0.380 e. The molecule has 1 rings (SSSR count). The molecule has 0 fully saturated rings. The summed E-state index contributed by atoms with van der Waals surface area (Å²) in [6.45, 7) is 7.88. The molecule has 0 bridgehead atoms. The van der Waals surface area contributed by atoms with Crippen LogP contribution in [0.4, 0.5) is 0 Å². The Morgan fingerprint density at radius 1 is 1.25 bits per heavy atom. The minimum atomic E-state index is 0.0314. The number of hydrogen-bond donors (Lipinski definition) is 2. The van der Waals surface area contributed by atoms with Gasteiger partial charge in [0.25, 0.3) is 0 Å². The van der Waals surface area contributed by atoms with Crippen molar-refractivity contribution in [2.24, 2.45) is 11.7 Å². The van der Waals surface area contributed by atoms with Gasteiger partial charge in [0.1, 0.15) is 0 Å². The number of benzene rings is 1. The first-order valence-corrected chi connectivity index (χ1v) is 7.21. The zero-order valence-electron chi connectivity index (χ0n) is 12.7. The van der Waals surface area contributed by atoms with Gasteiger partial charge in [0.05, 0.1) is 19.1 Å². The molecule has 0 saturated carbocycles. The monoisotopic (exact) mass is 278 g/mol. The second-order valence-electron chi connectivity index (χ2n) is 5.27. The number of nitrogens with one attached hydrogen (secondary N) is 1. The Labute approximate surface area is 121 Å². The van der Waals surface area contributed by atoms with E-state index < -0.39 is 0 Å². The molecule has 112 valence electrons. The highest BCUT2D eigenvalue weighted by molar-refractivity contribution is 5.78. The molecule has 0 saturated heterocycles. The van der Waals surface area contributed by atoms with Gasteiger partial charge in [-0.3, -0.25) is 4.79 Å². The normalized spacial score (nSPS) is 12.4. The first-order chi connectivity index (χ1) is 9.56. The smallest absolute Gasteiger partial charge is 0.224 e. The molecule has 0 aliphatic heterocycles. The van der Waals surface area contributed by atoms with Gasteiger partial charge in [0.15, 0.2) is 0 Å². The highest BCUT2D eigenvalue weighted by atomic mass is 16.5. The lowest BCUT2D eigenvalue weighted by atomic mass is 10.0. The van der Waals surface area contributed by atoms with Crippen LogP contribution < -0.4 is 11.1 Å². The summed E-state index contributed by atoms with van der Waals surface area (Å²) in [5, 5.41) is 3.04. The predicted octanol–water partition coefficient (Wildman–Crippen LogP) is 1.87. The Morgan fingerprint density at radius 2 is 1.85 bits per heavy atom. The van der Waals surface area contributed by atoms with Crippen LogP contribution in [0.3, 0.4) is 0 Å². The average molecular weight is 278 g/mol. The van der Waals surface area contributed by atoms with Gasteiger partial charge >= 0.3 is 0 Å². The van der Waals surface area contributed by atoms with E-state index in [0.717, 1.165) is 11.1 Å². The van der Waals surface area contributed by atoms with E-state index in [1.54, 1.807) is 0 Å². The van der Waals surface area contributed by atoms with Crippen molar-refractivity contribution in [3.63, 3.8) is 0 Å². The third-order valence-electron chi connectivity index (χ3n) is 3.28. The predicted molar refractivity (Wildman–Crippen MR) is 81.3 cm³/mol. The number of hydrogen-bond acceptors (Lipinski definition) is 3. The quantitative estimate of drug-likeness (QED) is 0.763. The van der Waals surface area contributed by atoms with E-state index in [4.69, 9.17) is 10.5 Å². The van der Waals surface area contributed by atoms with Gasteiger partial charge in [-0.05, 0) is 24.0 Å². The number of amides is 1. The molecule has 0 aliphatic carbocycles. The summed E-state index contributed by atoms with van der Waals surface area (Å²) in [5.74, 6) is 0.383. The van der Waals surface area contributed by atoms with Gasteiger partial charge in [-0.1, -0.05) is 38.1 Å². The van der Waals surface area contributed by atoms with Gasteiger partial charge in [-0.2, -0.15) is 0 Å². The van der Waals surface area contributed by atoms with E-state index in [-0.39, 0.29) is 11.9 Å². The highest BCUT2D eigenvalue weighted by Gasteiger charge is 2.16. The maximum absolute atomic E-state index is 12.1. The Hall–Kier alpha value is -1.39. The summed E-state index contributed by atoms with van der Waals surface area (Å²) in [6, 6.07) is 7.89. The Balaban J connectivity index is 2.51. The SMILES string of the molecule is CCOCC(NC(=O)Cc1ccc(CN)cc1)C(C)C. The van der Waals surface area contributed by atoms with Crippen LogP contribution in [0.15, 0.2) is 24.3 Å². The molecule has 0 aromatic heterocycles. The summed E-state index contributed by atoms with van der Waals surface area (Å²) < 4.78 is 5.41. The second-order valence-corrected chi connectivity index (χ2v) is 5.27. The van der Waals surface area contributed by atoms with E-state index in [1.165, 1.54) is 0 Å². The van der Waals surface area contributed by atoms with E-state index in [1.807, 2.05) is 31.2 Å². The van der Waals surface area contributed by atoms with Crippen molar-refractivity contribution in [1.82, 2.24) is 5.32 Å². The lowest BCUT2D eigenvalue weighted by Gasteiger charge is -2.22. The van der Waals surface area contributed by atoms with Crippen LogP contribution in [0, 0.1) is 5.92 Å². The van der Waals surface area contributed by atoms with Crippen molar-refractivity contribution >= 4 is 5.91 Å². The molecule has 0 aliphatic rings. The topological polar surface area (TPSA) is 64.3 Å². The van der Waals surface area contributed by atoms with Crippen molar-refractivity contribution < 1.29 is 9.53 Å². The van der Waals surface area contributed by atoms with Crippen LogP contribution in [0.1, 0.15) is 31.9 Å². The molecular weight excluding hydrogens is 252 g/mol. The van der Waals surface area contributed by atoms with Gasteiger partial charge in [-0.15, -0.1) is 0 Å². The summed E-state index contributed by atoms with van der Waals surface area (Å²) in [4.78, 5) is 12.1. The van der Waals surface area contributed by atoms with Crippen LogP contribution in [-0.4, -0.2) is 25.2 Å². The lowest BCUT2D eigenvalue weighted by molar-refractivity contribution is -0.122. The summed E-state index contributed by atoms with van der Waals surface area (Å²) >= 11 is 0. The van der Waals surface area contributed by atoms with Crippen LogP contribution in [0.2, 0.25) is 0 Å². The van der Waals surface area contributed by atoms with Crippen LogP contribution >= 0.6 is 0 Å². The number of carbonyl (C=O) groups excluding carboxylic acids is 1.